The highest BCUT2D eigenvalue weighted by Crippen LogP contribution is 2.37. The van der Waals surface area contributed by atoms with Crippen molar-refractivity contribution in [2.75, 3.05) is 20.2 Å². The molecule has 0 spiro atoms. The molecule has 0 amide bonds. The summed E-state index contributed by atoms with van der Waals surface area (Å²) >= 11 is 3.61. The van der Waals surface area contributed by atoms with Crippen LogP contribution >= 0.6 is 15.9 Å². The van der Waals surface area contributed by atoms with E-state index in [0.29, 0.717) is 10.7 Å². The van der Waals surface area contributed by atoms with Crippen LogP contribution in [0, 0.1) is 5.92 Å². The minimum absolute atomic E-state index is 0.0440. The van der Waals surface area contributed by atoms with Crippen molar-refractivity contribution in [3.63, 3.8) is 0 Å². The first-order valence-electron chi connectivity index (χ1n) is 4.70. The van der Waals surface area contributed by atoms with Gasteiger partial charge in [-0.15, -0.1) is 0 Å². The molecule has 2 atom stereocenters. The van der Waals surface area contributed by atoms with E-state index in [9.17, 15) is 4.79 Å². The van der Waals surface area contributed by atoms with Crippen molar-refractivity contribution in [3.8, 4) is 0 Å². The van der Waals surface area contributed by atoms with E-state index in [-0.39, 0.29) is 12.0 Å². The Morgan fingerprint density at radius 2 is 2.08 bits per heavy atom. The van der Waals surface area contributed by atoms with E-state index >= 15 is 0 Å². The third kappa shape index (κ3) is 1.50. The first-order valence-corrected chi connectivity index (χ1v) is 5.61. The fourth-order valence-corrected chi connectivity index (χ4v) is 3.45. The second kappa shape index (κ2) is 3.58. The molecule has 0 N–H and O–H groups in total. The molecule has 13 heavy (non-hydrogen) atoms. The van der Waals surface area contributed by atoms with Gasteiger partial charge in [0.15, 0.2) is 0 Å². The number of fused-ring (bicyclic) bond motifs is 3. The average molecular weight is 248 g/mol. The molecular formula is C9H14BrNO2. The number of alkyl halides is 1. The molecule has 3 aliphatic rings. The Bertz CT molecular complexity index is 212. The van der Waals surface area contributed by atoms with Gasteiger partial charge in [-0.25, -0.2) is 0 Å². The first-order chi connectivity index (χ1) is 6.24. The molecule has 2 unspecified atom stereocenters. The van der Waals surface area contributed by atoms with Crippen LogP contribution in [0.2, 0.25) is 0 Å². The minimum atomic E-state index is -0.0914. The Labute approximate surface area is 86.5 Å². The van der Waals surface area contributed by atoms with Gasteiger partial charge in [-0.2, -0.15) is 0 Å². The molecule has 0 aromatic carbocycles. The Kier molecular flexibility index (Phi) is 2.60. The molecule has 3 aliphatic heterocycles. The molecule has 0 aromatic heterocycles. The predicted molar refractivity (Wildman–Crippen MR) is 52.8 cm³/mol. The van der Waals surface area contributed by atoms with E-state index in [4.69, 9.17) is 4.74 Å². The minimum Gasteiger partial charge on any atom is -0.468 e. The number of carbonyl (C=O) groups excluding carboxylic acids is 1. The van der Waals surface area contributed by atoms with Gasteiger partial charge in [0.05, 0.1) is 7.11 Å². The van der Waals surface area contributed by atoms with E-state index in [1.807, 2.05) is 0 Å². The van der Waals surface area contributed by atoms with E-state index in [1.54, 1.807) is 0 Å². The van der Waals surface area contributed by atoms with Crippen molar-refractivity contribution in [2.45, 2.75) is 23.7 Å². The van der Waals surface area contributed by atoms with E-state index in [0.717, 1.165) is 13.1 Å². The highest BCUT2D eigenvalue weighted by molar-refractivity contribution is 9.09. The lowest BCUT2D eigenvalue weighted by Gasteiger charge is -2.47. The maximum atomic E-state index is 11.5. The number of nitrogens with zero attached hydrogens (tertiary/aromatic N) is 1. The van der Waals surface area contributed by atoms with Gasteiger partial charge in [0, 0.05) is 4.83 Å². The average Bonchev–Trinajstić information content (AvgIpc) is 2.18. The van der Waals surface area contributed by atoms with Crippen LogP contribution in [0.5, 0.6) is 0 Å². The molecule has 2 bridgehead atoms. The van der Waals surface area contributed by atoms with E-state index in [1.165, 1.54) is 20.0 Å². The molecule has 3 saturated heterocycles. The van der Waals surface area contributed by atoms with Crippen LogP contribution in [0.15, 0.2) is 0 Å². The molecule has 3 nitrogen and oxygen atoms in total. The lowest BCUT2D eigenvalue weighted by Crippen LogP contribution is -2.59. The smallest absolute Gasteiger partial charge is 0.324 e. The zero-order valence-electron chi connectivity index (χ0n) is 7.70. The van der Waals surface area contributed by atoms with Crippen molar-refractivity contribution < 1.29 is 9.53 Å². The summed E-state index contributed by atoms with van der Waals surface area (Å²) in [5, 5.41) is 0. The molecular weight excluding hydrogens is 234 g/mol. The Morgan fingerprint density at radius 3 is 2.54 bits per heavy atom. The zero-order valence-corrected chi connectivity index (χ0v) is 9.29. The number of ether oxygens (including phenoxy) is 1. The number of piperidine rings is 3. The third-order valence-corrected chi connectivity index (χ3v) is 4.41. The van der Waals surface area contributed by atoms with Gasteiger partial charge >= 0.3 is 5.97 Å². The summed E-state index contributed by atoms with van der Waals surface area (Å²) in [5.41, 5.74) is 0. The largest absolute Gasteiger partial charge is 0.468 e. The molecule has 0 aliphatic carbocycles. The lowest BCUT2D eigenvalue weighted by molar-refractivity contribution is -0.150. The Balaban J connectivity index is 2.14. The van der Waals surface area contributed by atoms with Crippen LogP contribution in [-0.2, 0) is 9.53 Å². The predicted octanol–water partition coefficient (Wildman–Crippen LogP) is 1.02. The molecule has 3 heterocycles. The SMILES string of the molecule is COC(=O)C1C(Br)C2CCN1CC2. The Hall–Kier alpha value is -0.0900. The van der Waals surface area contributed by atoms with Crippen LogP contribution in [0.25, 0.3) is 0 Å². The van der Waals surface area contributed by atoms with Gasteiger partial charge in [0.1, 0.15) is 6.04 Å². The van der Waals surface area contributed by atoms with Gasteiger partial charge in [-0.1, -0.05) is 15.9 Å². The van der Waals surface area contributed by atoms with Crippen LogP contribution in [-0.4, -0.2) is 41.9 Å². The second-order valence-electron chi connectivity index (χ2n) is 3.79. The van der Waals surface area contributed by atoms with Gasteiger partial charge in [0.2, 0.25) is 0 Å². The number of carbonyl (C=O) groups is 1. The molecule has 3 rings (SSSR count). The van der Waals surface area contributed by atoms with Crippen molar-refractivity contribution >= 4 is 21.9 Å². The van der Waals surface area contributed by atoms with Crippen LogP contribution in [0.3, 0.4) is 0 Å². The van der Waals surface area contributed by atoms with Gasteiger partial charge in [-0.05, 0) is 31.8 Å². The summed E-state index contributed by atoms with van der Waals surface area (Å²) in [6.07, 6.45) is 2.42. The summed E-state index contributed by atoms with van der Waals surface area (Å²) in [7, 11) is 1.46. The number of rotatable bonds is 1. The van der Waals surface area contributed by atoms with Gasteiger partial charge < -0.3 is 4.74 Å². The molecule has 0 saturated carbocycles. The molecule has 0 radical (unpaired) electrons. The van der Waals surface area contributed by atoms with E-state index in [2.05, 4.69) is 20.8 Å². The maximum Gasteiger partial charge on any atom is 0.324 e. The monoisotopic (exact) mass is 247 g/mol. The fourth-order valence-electron chi connectivity index (χ4n) is 2.38. The summed E-state index contributed by atoms with van der Waals surface area (Å²) < 4.78 is 4.80. The normalized spacial score (nSPS) is 43.2. The third-order valence-electron chi connectivity index (χ3n) is 3.16. The molecule has 4 heteroatoms. The number of hydrogen-bond donors (Lipinski definition) is 0. The lowest BCUT2D eigenvalue weighted by atomic mass is 9.83. The summed E-state index contributed by atoms with van der Waals surface area (Å²) in [6, 6.07) is -0.0440. The fraction of sp³-hybridized carbons (Fsp3) is 0.889. The van der Waals surface area contributed by atoms with Crippen LogP contribution < -0.4 is 0 Å². The Morgan fingerprint density at radius 1 is 1.46 bits per heavy atom. The number of methoxy groups -OCH3 is 1. The highest BCUT2D eigenvalue weighted by Gasteiger charge is 2.45. The van der Waals surface area contributed by atoms with Crippen molar-refractivity contribution in [3.05, 3.63) is 0 Å². The molecule has 74 valence electrons. The van der Waals surface area contributed by atoms with Gasteiger partial charge in [0.25, 0.3) is 0 Å². The quantitative estimate of drug-likeness (QED) is 0.512. The second-order valence-corrected chi connectivity index (χ2v) is 4.84. The highest BCUT2D eigenvalue weighted by atomic mass is 79.9. The standard InChI is InChI=1S/C9H14BrNO2/c1-13-9(12)8-7(10)6-2-4-11(8)5-3-6/h6-8H,2-5H2,1H3. The maximum absolute atomic E-state index is 11.5. The summed E-state index contributed by atoms with van der Waals surface area (Å²) in [5.74, 6) is 0.570. The number of halogens is 1. The molecule has 3 fully saturated rings. The van der Waals surface area contributed by atoms with Crippen molar-refractivity contribution in [1.29, 1.82) is 0 Å². The topological polar surface area (TPSA) is 29.5 Å². The summed E-state index contributed by atoms with van der Waals surface area (Å²) in [4.78, 5) is 14.0. The van der Waals surface area contributed by atoms with Crippen LogP contribution in [0.1, 0.15) is 12.8 Å². The van der Waals surface area contributed by atoms with Crippen LogP contribution in [0.4, 0.5) is 0 Å². The first kappa shape index (κ1) is 9.46. The number of esters is 1. The number of hydrogen-bond acceptors (Lipinski definition) is 3. The van der Waals surface area contributed by atoms with Crippen molar-refractivity contribution in [2.24, 2.45) is 5.92 Å². The zero-order chi connectivity index (χ0) is 9.42. The van der Waals surface area contributed by atoms with Crippen molar-refractivity contribution in [1.82, 2.24) is 4.90 Å². The molecule has 0 aromatic rings. The summed E-state index contributed by atoms with van der Waals surface area (Å²) in [6.45, 7) is 2.10. The van der Waals surface area contributed by atoms with Gasteiger partial charge in [-0.3, -0.25) is 9.69 Å². The van der Waals surface area contributed by atoms with E-state index < -0.39 is 0 Å².